The molecule has 0 unspecified atom stereocenters. The number of esters is 1. The van der Waals surface area contributed by atoms with Crippen molar-refractivity contribution in [3.8, 4) is 0 Å². The first-order valence-electron chi connectivity index (χ1n) is 11.7. The zero-order valence-electron chi connectivity index (χ0n) is 18.1. The Balaban J connectivity index is 1.55. The summed E-state index contributed by atoms with van der Waals surface area (Å²) in [7, 11) is 0. The molecule has 3 saturated carbocycles. The number of ether oxygens (including phenoxy) is 1. The molecule has 1 heterocycles. The van der Waals surface area contributed by atoms with Crippen molar-refractivity contribution in [3.05, 3.63) is 12.2 Å². The first-order chi connectivity index (χ1) is 14.6. The van der Waals surface area contributed by atoms with E-state index in [0.717, 1.165) is 6.29 Å². The highest BCUT2D eigenvalue weighted by molar-refractivity contribution is 5.70. The SMILES string of the molecule is C[C@]12C[C@@H](O)[C@H]3[C@@H](CC[C@]4(O)C=CCC[C@]34C=O)[C@@]1(O)C[C@H](O)[C@@H]2[C@H]1CCC(=O)OC1. The van der Waals surface area contributed by atoms with E-state index in [2.05, 4.69) is 0 Å². The molecule has 0 aromatic rings. The number of carbonyl (C=O) groups excluding carboxylic acids is 2. The largest absolute Gasteiger partial charge is 0.465 e. The van der Waals surface area contributed by atoms with E-state index in [-0.39, 0.29) is 37.3 Å². The molecule has 31 heavy (non-hydrogen) atoms. The standard InChI is InChI=1S/C24H34O7/c1-21-10-16(26)20-15(6-9-23(29)8-3-2-7-22(20,23)13-25)24(21,30)11-17(27)19(21)14-4-5-18(28)31-12-14/h3,8,13-17,19-20,26-27,29-30H,2,4-7,9-12H2,1H3/t14-,15+,16+,17-,19-,20+,21+,22-,23+,24-/m0/s1. The molecule has 0 aromatic carbocycles. The Morgan fingerprint density at radius 2 is 1.84 bits per heavy atom. The lowest BCUT2D eigenvalue weighted by Crippen LogP contribution is -2.70. The maximum Gasteiger partial charge on any atom is 0.305 e. The smallest absolute Gasteiger partial charge is 0.305 e. The normalized spacial score (nSPS) is 56.2. The quantitative estimate of drug-likeness (QED) is 0.292. The first kappa shape index (κ1) is 21.6. The van der Waals surface area contributed by atoms with Crippen molar-refractivity contribution < 1.29 is 34.8 Å². The molecule has 4 fully saturated rings. The number of aliphatic hydroxyl groups is 4. The third-order valence-corrected chi connectivity index (χ3v) is 10.0. The Kier molecular flexibility index (Phi) is 4.77. The van der Waals surface area contributed by atoms with Gasteiger partial charge in [-0.2, -0.15) is 0 Å². The van der Waals surface area contributed by atoms with Gasteiger partial charge in [-0.1, -0.05) is 19.1 Å². The first-order valence-corrected chi connectivity index (χ1v) is 11.7. The van der Waals surface area contributed by atoms with Crippen LogP contribution in [0.4, 0.5) is 0 Å². The molecule has 0 aromatic heterocycles. The van der Waals surface area contributed by atoms with Crippen molar-refractivity contribution in [3.63, 3.8) is 0 Å². The number of fused-ring (bicyclic) bond motifs is 5. The van der Waals surface area contributed by atoms with E-state index in [1.165, 1.54) is 0 Å². The van der Waals surface area contributed by atoms with Crippen molar-refractivity contribution in [2.45, 2.75) is 81.7 Å². The van der Waals surface area contributed by atoms with Crippen LogP contribution in [0, 0.1) is 34.5 Å². The summed E-state index contributed by atoms with van der Waals surface area (Å²) in [5, 5.41) is 46.2. The van der Waals surface area contributed by atoms with E-state index in [0.29, 0.717) is 38.5 Å². The summed E-state index contributed by atoms with van der Waals surface area (Å²) in [6.45, 7) is 2.16. The van der Waals surface area contributed by atoms with Crippen molar-refractivity contribution in [2.24, 2.45) is 34.5 Å². The van der Waals surface area contributed by atoms with E-state index in [1.807, 2.05) is 13.0 Å². The molecule has 7 heteroatoms. The monoisotopic (exact) mass is 434 g/mol. The summed E-state index contributed by atoms with van der Waals surface area (Å²) in [6, 6.07) is 0. The Labute approximate surface area is 182 Å². The van der Waals surface area contributed by atoms with Gasteiger partial charge >= 0.3 is 5.97 Å². The number of rotatable bonds is 2. The molecule has 5 rings (SSSR count). The molecule has 7 nitrogen and oxygen atoms in total. The van der Waals surface area contributed by atoms with Crippen molar-refractivity contribution >= 4 is 12.3 Å². The van der Waals surface area contributed by atoms with Crippen LogP contribution in [0.25, 0.3) is 0 Å². The van der Waals surface area contributed by atoms with Crippen LogP contribution in [0.3, 0.4) is 0 Å². The molecular weight excluding hydrogens is 400 g/mol. The molecule has 10 atom stereocenters. The maximum atomic E-state index is 12.5. The second-order valence-electron chi connectivity index (χ2n) is 11.1. The molecule has 0 bridgehead atoms. The lowest BCUT2D eigenvalue weighted by Gasteiger charge is -2.65. The second-order valence-corrected chi connectivity index (χ2v) is 11.1. The van der Waals surface area contributed by atoms with Gasteiger partial charge in [-0.15, -0.1) is 0 Å². The van der Waals surface area contributed by atoms with E-state index < -0.39 is 46.1 Å². The van der Waals surface area contributed by atoms with E-state index in [1.54, 1.807) is 6.08 Å². The van der Waals surface area contributed by atoms with Crippen LogP contribution in [0.15, 0.2) is 12.2 Å². The van der Waals surface area contributed by atoms with Crippen LogP contribution in [-0.2, 0) is 14.3 Å². The highest BCUT2D eigenvalue weighted by Crippen LogP contribution is 2.70. The Hall–Kier alpha value is -1.28. The number of allylic oxidation sites excluding steroid dienone is 1. The van der Waals surface area contributed by atoms with Crippen LogP contribution < -0.4 is 0 Å². The predicted octanol–water partition coefficient (Wildman–Crippen LogP) is 1.11. The third-order valence-electron chi connectivity index (χ3n) is 10.0. The summed E-state index contributed by atoms with van der Waals surface area (Å²) in [5.74, 6) is -1.59. The molecule has 0 spiro atoms. The van der Waals surface area contributed by atoms with Gasteiger partial charge in [0.2, 0.25) is 0 Å². The number of hydrogen-bond acceptors (Lipinski definition) is 7. The maximum absolute atomic E-state index is 12.5. The second kappa shape index (κ2) is 6.86. The fraction of sp³-hybridized carbons (Fsp3) is 0.833. The number of hydrogen-bond donors (Lipinski definition) is 4. The van der Waals surface area contributed by atoms with Crippen LogP contribution in [0.1, 0.15) is 58.3 Å². The van der Waals surface area contributed by atoms with Gasteiger partial charge in [-0.05, 0) is 56.3 Å². The van der Waals surface area contributed by atoms with Gasteiger partial charge in [-0.3, -0.25) is 4.79 Å². The lowest BCUT2D eigenvalue weighted by atomic mass is 9.41. The topological polar surface area (TPSA) is 124 Å². The summed E-state index contributed by atoms with van der Waals surface area (Å²) < 4.78 is 5.28. The van der Waals surface area contributed by atoms with Gasteiger partial charge in [0.25, 0.3) is 0 Å². The van der Waals surface area contributed by atoms with Crippen LogP contribution in [-0.4, -0.2) is 62.7 Å². The fourth-order valence-corrected chi connectivity index (χ4v) is 8.66. The molecule has 172 valence electrons. The van der Waals surface area contributed by atoms with Gasteiger partial charge in [0, 0.05) is 24.2 Å². The summed E-state index contributed by atoms with van der Waals surface area (Å²) in [6.07, 6.45) is 6.01. The van der Waals surface area contributed by atoms with Crippen molar-refractivity contribution in [2.75, 3.05) is 6.61 Å². The average molecular weight is 435 g/mol. The summed E-state index contributed by atoms with van der Waals surface area (Å²) in [4.78, 5) is 24.1. The molecule has 0 radical (unpaired) electrons. The summed E-state index contributed by atoms with van der Waals surface area (Å²) in [5.41, 5.74) is -4.48. The molecule has 1 saturated heterocycles. The zero-order chi connectivity index (χ0) is 22.2. The van der Waals surface area contributed by atoms with Gasteiger partial charge in [-0.25, -0.2) is 0 Å². The Morgan fingerprint density at radius 3 is 2.52 bits per heavy atom. The van der Waals surface area contributed by atoms with Crippen molar-refractivity contribution in [1.29, 1.82) is 0 Å². The van der Waals surface area contributed by atoms with Gasteiger partial charge < -0.3 is 30.0 Å². The van der Waals surface area contributed by atoms with Crippen LogP contribution >= 0.6 is 0 Å². The Bertz CT molecular complexity index is 802. The molecule has 4 aliphatic carbocycles. The number of aldehydes is 1. The highest BCUT2D eigenvalue weighted by Gasteiger charge is 2.74. The van der Waals surface area contributed by atoms with E-state index in [9.17, 15) is 30.0 Å². The molecule has 4 N–H and O–H groups in total. The minimum absolute atomic E-state index is 0.0753. The zero-order valence-corrected chi connectivity index (χ0v) is 18.1. The minimum Gasteiger partial charge on any atom is -0.465 e. The lowest BCUT2D eigenvalue weighted by molar-refractivity contribution is -0.257. The molecule has 5 aliphatic rings. The van der Waals surface area contributed by atoms with Crippen molar-refractivity contribution in [1.82, 2.24) is 0 Å². The third kappa shape index (κ3) is 2.61. The van der Waals surface area contributed by atoms with Crippen LogP contribution in [0.5, 0.6) is 0 Å². The average Bonchev–Trinajstić information content (AvgIpc) is 2.93. The minimum atomic E-state index is -1.31. The summed E-state index contributed by atoms with van der Waals surface area (Å²) >= 11 is 0. The van der Waals surface area contributed by atoms with Gasteiger partial charge in [0.1, 0.15) is 6.29 Å². The van der Waals surface area contributed by atoms with Gasteiger partial charge in [0.15, 0.2) is 0 Å². The number of aliphatic hydroxyl groups excluding tert-OH is 2. The van der Waals surface area contributed by atoms with E-state index in [4.69, 9.17) is 4.74 Å². The fourth-order valence-electron chi connectivity index (χ4n) is 8.66. The van der Waals surface area contributed by atoms with E-state index >= 15 is 0 Å². The molecule has 1 aliphatic heterocycles. The predicted molar refractivity (Wildman–Crippen MR) is 110 cm³/mol. The molecule has 0 amide bonds. The highest BCUT2D eigenvalue weighted by atomic mass is 16.5. The van der Waals surface area contributed by atoms with Crippen LogP contribution in [0.2, 0.25) is 0 Å². The number of carbonyl (C=O) groups is 2. The molecular formula is C24H34O7. The number of cyclic esters (lactones) is 1. The Morgan fingerprint density at radius 1 is 1.10 bits per heavy atom. The van der Waals surface area contributed by atoms with Gasteiger partial charge in [0.05, 0.1) is 35.4 Å².